The van der Waals surface area contributed by atoms with Crippen molar-refractivity contribution < 1.29 is 9.47 Å². The maximum Gasteiger partial charge on any atom is 0.301 e. The molecule has 0 radical (unpaired) electrons. The minimum absolute atomic E-state index is 0.387. The SMILES string of the molecule is Clc1cc2[nH]c(Oc3ccc4sccc4c3)nc2nc1-c1ccc(N2CCOCC2)cc1. The van der Waals surface area contributed by atoms with Gasteiger partial charge >= 0.3 is 6.01 Å². The van der Waals surface area contributed by atoms with Crippen LogP contribution in [0, 0.1) is 0 Å². The molecule has 6 rings (SSSR count). The Bertz CT molecular complexity index is 1410. The summed E-state index contributed by atoms with van der Waals surface area (Å²) in [6, 6.07) is 18.6. The Morgan fingerprint density at radius 2 is 1.84 bits per heavy atom. The minimum atomic E-state index is 0.387. The van der Waals surface area contributed by atoms with Gasteiger partial charge in [-0.3, -0.25) is 0 Å². The van der Waals surface area contributed by atoms with Crippen LogP contribution in [0.1, 0.15) is 0 Å². The zero-order valence-corrected chi connectivity index (χ0v) is 18.6. The Labute approximate surface area is 193 Å². The van der Waals surface area contributed by atoms with E-state index in [0.29, 0.717) is 22.4 Å². The van der Waals surface area contributed by atoms with Gasteiger partial charge < -0.3 is 19.4 Å². The van der Waals surface area contributed by atoms with Crippen molar-refractivity contribution >= 4 is 49.9 Å². The highest BCUT2D eigenvalue weighted by Gasteiger charge is 2.15. The topological polar surface area (TPSA) is 63.3 Å². The maximum atomic E-state index is 6.57. The lowest BCUT2D eigenvalue weighted by molar-refractivity contribution is 0.122. The Kier molecular flexibility index (Phi) is 4.94. The summed E-state index contributed by atoms with van der Waals surface area (Å²) in [7, 11) is 0. The van der Waals surface area contributed by atoms with Crippen LogP contribution in [0.4, 0.5) is 5.69 Å². The fraction of sp³-hybridized carbons (Fsp3) is 0.167. The van der Waals surface area contributed by atoms with E-state index in [9.17, 15) is 0 Å². The van der Waals surface area contributed by atoms with Crippen molar-refractivity contribution in [2.75, 3.05) is 31.2 Å². The van der Waals surface area contributed by atoms with Crippen LogP contribution in [0.5, 0.6) is 11.8 Å². The normalized spacial score (nSPS) is 14.3. The van der Waals surface area contributed by atoms with Gasteiger partial charge in [-0.05, 0) is 53.2 Å². The number of rotatable bonds is 4. The Hall–Kier alpha value is -3.13. The maximum absolute atomic E-state index is 6.57. The van der Waals surface area contributed by atoms with Crippen LogP contribution in [0.3, 0.4) is 0 Å². The predicted molar refractivity (Wildman–Crippen MR) is 129 cm³/mol. The summed E-state index contributed by atoms with van der Waals surface area (Å²) in [5, 5.41) is 3.77. The van der Waals surface area contributed by atoms with Gasteiger partial charge in [0.1, 0.15) is 5.75 Å². The third kappa shape index (κ3) is 3.68. The van der Waals surface area contributed by atoms with Gasteiger partial charge in [0.25, 0.3) is 0 Å². The molecule has 8 heteroatoms. The van der Waals surface area contributed by atoms with Crippen LogP contribution in [0.25, 0.3) is 32.5 Å². The number of anilines is 1. The molecule has 160 valence electrons. The number of imidazole rings is 1. The van der Waals surface area contributed by atoms with Gasteiger partial charge in [0.05, 0.1) is 29.4 Å². The minimum Gasteiger partial charge on any atom is -0.426 e. The molecule has 2 aromatic carbocycles. The summed E-state index contributed by atoms with van der Waals surface area (Å²) in [5.41, 5.74) is 4.11. The number of pyridine rings is 1. The van der Waals surface area contributed by atoms with Crippen LogP contribution in [0.15, 0.2) is 60.0 Å². The van der Waals surface area contributed by atoms with E-state index in [0.717, 1.165) is 48.5 Å². The number of fused-ring (bicyclic) bond motifs is 2. The van der Waals surface area contributed by atoms with E-state index < -0.39 is 0 Å². The molecule has 6 nitrogen and oxygen atoms in total. The van der Waals surface area contributed by atoms with E-state index in [1.54, 1.807) is 11.3 Å². The first-order chi connectivity index (χ1) is 15.7. The number of thiophene rings is 1. The fourth-order valence-corrected chi connectivity index (χ4v) is 4.95. The molecule has 1 N–H and O–H groups in total. The molecule has 0 bridgehead atoms. The highest BCUT2D eigenvalue weighted by Crippen LogP contribution is 2.32. The summed E-state index contributed by atoms with van der Waals surface area (Å²) in [6.07, 6.45) is 0. The molecule has 0 saturated carbocycles. The van der Waals surface area contributed by atoms with E-state index in [1.165, 1.54) is 10.4 Å². The van der Waals surface area contributed by atoms with Crippen molar-refractivity contribution in [2.24, 2.45) is 0 Å². The average Bonchev–Trinajstić information content (AvgIpc) is 3.45. The number of hydrogen-bond acceptors (Lipinski definition) is 6. The Balaban J connectivity index is 1.28. The second-order valence-electron chi connectivity index (χ2n) is 7.60. The molecular weight excluding hydrogens is 444 g/mol. The third-order valence-corrected chi connectivity index (χ3v) is 6.75. The van der Waals surface area contributed by atoms with Gasteiger partial charge in [-0.2, -0.15) is 4.98 Å². The molecule has 1 aliphatic rings. The first-order valence-corrected chi connectivity index (χ1v) is 11.6. The van der Waals surface area contributed by atoms with Crippen molar-refractivity contribution in [3.05, 3.63) is 65.0 Å². The number of nitrogens with zero attached hydrogens (tertiary/aromatic N) is 3. The molecule has 1 aliphatic heterocycles. The second kappa shape index (κ2) is 8.09. The predicted octanol–water partition coefficient (Wildman–Crippen LogP) is 6.12. The van der Waals surface area contributed by atoms with Gasteiger partial charge in [-0.1, -0.05) is 23.7 Å². The smallest absolute Gasteiger partial charge is 0.301 e. The number of morpholine rings is 1. The number of H-pyrrole nitrogens is 1. The molecule has 0 aliphatic carbocycles. The van der Waals surface area contributed by atoms with Gasteiger partial charge in [-0.25, -0.2) is 4.98 Å². The molecular formula is C24H19ClN4O2S. The molecule has 1 saturated heterocycles. The first-order valence-electron chi connectivity index (χ1n) is 10.4. The fourth-order valence-electron chi connectivity index (χ4n) is 3.92. The number of aromatic nitrogens is 3. The van der Waals surface area contributed by atoms with Crippen LogP contribution in [0.2, 0.25) is 5.02 Å². The van der Waals surface area contributed by atoms with Crippen molar-refractivity contribution in [3.8, 4) is 23.0 Å². The van der Waals surface area contributed by atoms with Gasteiger partial charge in [0.2, 0.25) is 0 Å². The molecule has 0 unspecified atom stereocenters. The molecule has 5 aromatic rings. The van der Waals surface area contributed by atoms with E-state index in [1.807, 2.05) is 36.4 Å². The zero-order chi connectivity index (χ0) is 21.5. The number of benzene rings is 2. The van der Waals surface area contributed by atoms with Crippen LogP contribution in [-0.2, 0) is 4.74 Å². The molecule has 0 atom stereocenters. The van der Waals surface area contributed by atoms with Gasteiger partial charge in [-0.15, -0.1) is 11.3 Å². The molecule has 0 spiro atoms. The van der Waals surface area contributed by atoms with Crippen LogP contribution >= 0.6 is 22.9 Å². The molecule has 1 fully saturated rings. The molecule has 3 aromatic heterocycles. The quantitative estimate of drug-likeness (QED) is 0.348. The van der Waals surface area contributed by atoms with E-state index in [2.05, 4.69) is 38.4 Å². The van der Waals surface area contributed by atoms with Crippen LogP contribution in [-0.4, -0.2) is 41.3 Å². The largest absolute Gasteiger partial charge is 0.426 e. The lowest BCUT2D eigenvalue weighted by Gasteiger charge is -2.28. The zero-order valence-electron chi connectivity index (χ0n) is 17.0. The summed E-state index contributed by atoms with van der Waals surface area (Å²) in [4.78, 5) is 14.7. The Morgan fingerprint density at radius 1 is 1.00 bits per heavy atom. The van der Waals surface area contributed by atoms with Crippen molar-refractivity contribution in [1.29, 1.82) is 0 Å². The highest BCUT2D eigenvalue weighted by atomic mass is 35.5. The number of aromatic amines is 1. The lowest BCUT2D eigenvalue weighted by atomic mass is 10.1. The summed E-state index contributed by atoms with van der Waals surface area (Å²) in [5.74, 6) is 0.722. The molecule has 0 amide bonds. The van der Waals surface area contributed by atoms with Crippen molar-refractivity contribution in [2.45, 2.75) is 0 Å². The second-order valence-corrected chi connectivity index (χ2v) is 8.96. The van der Waals surface area contributed by atoms with E-state index in [4.69, 9.17) is 26.1 Å². The molecule has 4 heterocycles. The summed E-state index contributed by atoms with van der Waals surface area (Å²) < 4.78 is 12.6. The standard InChI is InChI=1S/C24H19ClN4O2S/c25-19-14-20-23(28-24(26-20)31-18-5-6-21-16(13-18)7-12-32-21)27-22(19)15-1-3-17(4-2-15)29-8-10-30-11-9-29/h1-7,12-14H,8-11H2,(H,26,27,28). The van der Waals surface area contributed by atoms with Gasteiger partial charge in [0.15, 0.2) is 5.65 Å². The Morgan fingerprint density at radius 3 is 2.69 bits per heavy atom. The summed E-state index contributed by atoms with van der Waals surface area (Å²) in [6.45, 7) is 3.33. The monoisotopic (exact) mass is 462 g/mol. The van der Waals surface area contributed by atoms with Crippen LogP contribution < -0.4 is 9.64 Å². The third-order valence-electron chi connectivity index (χ3n) is 5.56. The number of ether oxygens (including phenoxy) is 2. The van der Waals surface area contributed by atoms with Crippen molar-refractivity contribution in [3.63, 3.8) is 0 Å². The molecule has 32 heavy (non-hydrogen) atoms. The first kappa shape index (κ1) is 19.5. The average molecular weight is 463 g/mol. The number of nitrogens with one attached hydrogen (secondary N) is 1. The van der Waals surface area contributed by atoms with E-state index in [-0.39, 0.29) is 0 Å². The van der Waals surface area contributed by atoms with Crippen molar-refractivity contribution in [1.82, 2.24) is 15.0 Å². The number of halogens is 1. The van der Waals surface area contributed by atoms with E-state index >= 15 is 0 Å². The summed E-state index contributed by atoms with van der Waals surface area (Å²) >= 11 is 8.28. The van der Waals surface area contributed by atoms with Gasteiger partial charge in [0, 0.05) is 29.0 Å². The number of hydrogen-bond donors (Lipinski definition) is 1. The lowest BCUT2D eigenvalue weighted by Crippen LogP contribution is -2.36. The highest BCUT2D eigenvalue weighted by molar-refractivity contribution is 7.17.